The van der Waals surface area contributed by atoms with Gasteiger partial charge >= 0.3 is 0 Å². The van der Waals surface area contributed by atoms with Crippen molar-refractivity contribution in [3.8, 4) is 0 Å². The summed E-state index contributed by atoms with van der Waals surface area (Å²) in [5.41, 5.74) is 2.81. The number of carbonyl (C=O) groups is 1. The second-order valence-electron chi connectivity index (χ2n) is 5.55. The maximum atomic E-state index is 11.2. The normalized spacial score (nSPS) is 25.4. The van der Waals surface area contributed by atoms with Gasteiger partial charge in [0.15, 0.2) is 0 Å². The van der Waals surface area contributed by atoms with E-state index in [1.54, 1.807) is 0 Å². The van der Waals surface area contributed by atoms with E-state index in [4.69, 9.17) is 0 Å². The zero-order valence-electron chi connectivity index (χ0n) is 9.96. The molecule has 86 valence electrons. The zero-order valence-corrected chi connectivity index (χ0v) is 11.5. The maximum absolute atomic E-state index is 11.2. The highest BCUT2D eigenvalue weighted by atomic mass is 79.9. The van der Waals surface area contributed by atoms with Gasteiger partial charge in [0.2, 0.25) is 0 Å². The summed E-state index contributed by atoms with van der Waals surface area (Å²) in [6.45, 7) is 6.63. The van der Waals surface area contributed by atoms with Crippen LogP contribution in [0.1, 0.15) is 44.2 Å². The summed E-state index contributed by atoms with van der Waals surface area (Å²) in [5, 5.41) is 0. The minimum atomic E-state index is 0.0352. The molecule has 1 fully saturated rings. The molecule has 1 aromatic carbocycles. The lowest BCUT2D eigenvalue weighted by Gasteiger charge is -2.31. The van der Waals surface area contributed by atoms with Crippen LogP contribution in [0.3, 0.4) is 0 Å². The fourth-order valence-electron chi connectivity index (χ4n) is 2.01. The lowest BCUT2D eigenvalue weighted by Crippen LogP contribution is -2.35. The molecule has 0 bridgehead atoms. The molecule has 0 amide bonds. The third kappa shape index (κ3) is 2.08. The molecule has 0 radical (unpaired) electrons. The van der Waals surface area contributed by atoms with E-state index in [1.807, 2.05) is 0 Å². The average molecular weight is 281 g/mol. The second-order valence-corrected chi connectivity index (χ2v) is 6.54. The second kappa shape index (κ2) is 3.99. The highest BCUT2D eigenvalue weighted by molar-refractivity contribution is 9.10. The van der Waals surface area contributed by atoms with Gasteiger partial charge in [-0.3, -0.25) is 4.79 Å². The first-order valence-electron chi connectivity index (χ1n) is 5.67. The highest BCUT2D eigenvalue weighted by Crippen LogP contribution is 2.39. The molecule has 0 aliphatic heterocycles. The van der Waals surface area contributed by atoms with Gasteiger partial charge in [-0.1, -0.05) is 61.0 Å². The van der Waals surface area contributed by atoms with E-state index in [-0.39, 0.29) is 10.2 Å². The molecule has 16 heavy (non-hydrogen) atoms. The smallest absolute Gasteiger partial charge is 0.147 e. The van der Waals surface area contributed by atoms with Gasteiger partial charge in [-0.2, -0.15) is 0 Å². The quantitative estimate of drug-likeness (QED) is 0.715. The first kappa shape index (κ1) is 11.8. The lowest BCUT2D eigenvalue weighted by atomic mass is 9.77. The highest BCUT2D eigenvalue weighted by Gasteiger charge is 2.38. The third-order valence-corrected chi connectivity index (χ3v) is 4.44. The first-order valence-corrected chi connectivity index (χ1v) is 6.58. The van der Waals surface area contributed by atoms with Crippen LogP contribution in [0.15, 0.2) is 24.3 Å². The molecular formula is C14H17BrO. The van der Waals surface area contributed by atoms with Crippen LogP contribution in [-0.2, 0) is 10.2 Å². The first-order chi connectivity index (χ1) is 7.39. The fourth-order valence-corrected chi connectivity index (χ4v) is 2.69. The number of ketones is 1. The van der Waals surface area contributed by atoms with Crippen LogP contribution in [0.2, 0.25) is 0 Å². The van der Waals surface area contributed by atoms with E-state index < -0.39 is 0 Å². The molecule has 0 spiro atoms. The minimum absolute atomic E-state index is 0.0352. The Kier molecular flexibility index (Phi) is 2.95. The van der Waals surface area contributed by atoms with Crippen molar-refractivity contribution < 1.29 is 4.79 Å². The number of hydrogen-bond acceptors (Lipinski definition) is 1. The molecule has 1 saturated carbocycles. The molecule has 1 aliphatic rings. The molecule has 1 nitrogen and oxygen atoms in total. The Morgan fingerprint density at radius 2 is 1.75 bits per heavy atom. The summed E-state index contributed by atoms with van der Waals surface area (Å²) in [6, 6.07) is 8.67. The predicted octanol–water partition coefficient (Wildman–Crippen LogP) is 3.80. The standard InChI is InChI=1S/C14H17BrO/c1-14(2,3)10-6-4-9(5-7-10)11-8-12(16)13(11)15/h4-7,11,13H,8H2,1-3H3. The van der Waals surface area contributed by atoms with Crippen molar-refractivity contribution in [3.63, 3.8) is 0 Å². The van der Waals surface area contributed by atoms with E-state index in [0.29, 0.717) is 18.1 Å². The molecule has 0 aromatic heterocycles. The minimum Gasteiger partial charge on any atom is -0.298 e. The zero-order chi connectivity index (χ0) is 11.9. The van der Waals surface area contributed by atoms with E-state index in [1.165, 1.54) is 11.1 Å². The third-order valence-electron chi connectivity index (χ3n) is 3.29. The van der Waals surface area contributed by atoms with Gasteiger partial charge in [-0.25, -0.2) is 0 Å². The molecule has 1 aliphatic carbocycles. The number of hydrogen-bond donors (Lipinski definition) is 0. The van der Waals surface area contributed by atoms with Gasteiger partial charge in [0.1, 0.15) is 5.78 Å². The van der Waals surface area contributed by atoms with Crippen molar-refractivity contribution in [2.45, 2.75) is 43.4 Å². The van der Waals surface area contributed by atoms with E-state index >= 15 is 0 Å². The maximum Gasteiger partial charge on any atom is 0.147 e. The summed E-state index contributed by atoms with van der Waals surface area (Å²) in [4.78, 5) is 11.2. The van der Waals surface area contributed by atoms with Crippen LogP contribution in [0.25, 0.3) is 0 Å². The summed E-state index contributed by atoms with van der Waals surface area (Å²) in [6.07, 6.45) is 0.685. The molecule has 2 rings (SSSR count). The molecular weight excluding hydrogens is 264 g/mol. The van der Waals surface area contributed by atoms with Crippen molar-refractivity contribution in [3.05, 3.63) is 35.4 Å². The fraction of sp³-hybridized carbons (Fsp3) is 0.500. The SMILES string of the molecule is CC(C)(C)c1ccc(C2CC(=O)C2Br)cc1. The van der Waals surface area contributed by atoms with Crippen LogP contribution >= 0.6 is 15.9 Å². The number of benzene rings is 1. The Balaban J connectivity index is 2.18. The lowest BCUT2D eigenvalue weighted by molar-refractivity contribution is -0.123. The van der Waals surface area contributed by atoms with Crippen molar-refractivity contribution in [1.82, 2.24) is 0 Å². The Bertz CT molecular complexity index is 400. The van der Waals surface area contributed by atoms with Gasteiger partial charge in [0, 0.05) is 12.3 Å². The molecule has 2 unspecified atom stereocenters. The Hall–Kier alpha value is -0.630. The number of alkyl halides is 1. The van der Waals surface area contributed by atoms with Crippen molar-refractivity contribution in [2.75, 3.05) is 0 Å². The van der Waals surface area contributed by atoms with Crippen molar-refractivity contribution >= 4 is 21.7 Å². The van der Waals surface area contributed by atoms with Gasteiger partial charge in [-0.05, 0) is 16.5 Å². The van der Waals surface area contributed by atoms with Gasteiger partial charge in [0.25, 0.3) is 0 Å². The van der Waals surface area contributed by atoms with E-state index in [2.05, 4.69) is 61.0 Å². The van der Waals surface area contributed by atoms with Gasteiger partial charge in [-0.15, -0.1) is 0 Å². The molecule has 0 saturated heterocycles. The molecule has 0 heterocycles. The summed E-state index contributed by atoms with van der Waals surface area (Å²) in [5.74, 6) is 0.700. The number of Topliss-reactive ketones (excluding diaryl/α,β-unsaturated/α-hetero) is 1. The molecule has 1 aromatic rings. The monoisotopic (exact) mass is 280 g/mol. The van der Waals surface area contributed by atoms with Crippen LogP contribution in [0.4, 0.5) is 0 Å². The van der Waals surface area contributed by atoms with Gasteiger partial charge in [0.05, 0.1) is 4.83 Å². The van der Waals surface area contributed by atoms with E-state index in [9.17, 15) is 4.79 Å². The van der Waals surface area contributed by atoms with Crippen molar-refractivity contribution in [2.24, 2.45) is 0 Å². The largest absolute Gasteiger partial charge is 0.298 e. The van der Waals surface area contributed by atoms with Crippen LogP contribution in [0.5, 0.6) is 0 Å². The van der Waals surface area contributed by atoms with Crippen LogP contribution < -0.4 is 0 Å². The topological polar surface area (TPSA) is 17.1 Å². The Morgan fingerprint density at radius 1 is 1.19 bits per heavy atom. The Labute approximate surface area is 105 Å². The van der Waals surface area contributed by atoms with Gasteiger partial charge < -0.3 is 0 Å². The van der Waals surface area contributed by atoms with Crippen molar-refractivity contribution in [1.29, 1.82) is 0 Å². The number of rotatable bonds is 1. The van der Waals surface area contributed by atoms with Crippen LogP contribution in [0, 0.1) is 0 Å². The molecule has 0 N–H and O–H groups in total. The number of halogens is 1. The predicted molar refractivity (Wildman–Crippen MR) is 70.2 cm³/mol. The average Bonchev–Trinajstić information content (AvgIpc) is 2.24. The summed E-state index contributed by atoms with van der Waals surface area (Å²) in [7, 11) is 0. The molecule has 2 heteroatoms. The summed E-state index contributed by atoms with van der Waals surface area (Å²) >= 11 is 3.44. The Morgan fingerprint density at radius 3 is 2.12 bits per heavy atom. The number of carbonyl (C=O) groups excluding carboxylic acids is 1. The summed E-state index contributed by atoms with van der Waals surface area (Å²) < 4.78 is 0. The molecule has 2 atom stereocenters. The van der Waals surface area contributed by atoms with E-state index in [0.717, 1.165) is 0 Å². The van der Waals surface area contributed by atoms with Crippen LogP contribution in [-0.4, -0.2) is 10.6 Å².